The van der Waals surface area contributed by atoms with Crippen molar-refractivity contribution in [3.63, 3.8) is 0 Å². The quantitative estimate of drug-likeness (QED) is 0.289. The number of hydrogen-bond donors (Lipinski definition) is 3. The second kappa shape index (κ2) is 9.44. The molecule has 8 heteroatoms. The molecule has 3 aromatic heterocycles. The van der Waals surface area contributed by atoms with Crippen molar-refractivity contribution in [2.75, 3.05) is 20.8 Å². The Morgan fingerprint density at radius 2 is 1.94 bits per heavy atom. The predicted octanol–water partition coefficient (Wildman–Crippen LogP) is 5.20. The van der Waals surface area contributed by atoms with E-state index in [-0.39, 0.29) is 11.8 Å². The summed E-state index contributed by atoms with van der Waals surface area (Å²) < 4.78 is 11.3. The van der Waals surface area contributed by atoms with Crippen molar-refractivity contribution in [1.29, 1.82) is 0 Å². The first-order valence-electron chi connectivity index (χ1n) is 10.8. The summed E-state index contributed by atoms with van der Waals surface area (Å²) in [5.41, 5.74) is 4.18. The number of aromatic amines is 2. The third-order valence-electron chi connectivity index (χ3n) is 5.87. The molecule has 1 atom stereocenters. The van der Waals surface area contributed by atoms with Gasteiger partial charge in [0.1, 0.15) is 0 Å². The number of para-hydroxylation sites is 2. The zero-order valence-corrected chi connectivity index (χ0v) is 19.6. The number of carbonyl (C=O) groups excluding carboxylic acids is 1. The molecule has 172 valence electrons. The van der Waals surface area contributed by atoms with Crippen LogP contribution in [0.15, 0.2) is 72.2 Å². The van der Waals surface area contributed by atoms with Gasteiger partial charge in [-0.2, -0.15) is 5.10 Å². The number of carbonyl (C=O) groups is 1. The van der Waals surface area contributed by atoms with Gasteiger partial charge in [-0.15, -0.1) is 11.3 Å². The molecule has 0 bridgehead atoms. The normalized spacial score (nSPS) is 11.9. The molecule has 0 saturated heterocycles. The van der Waals surface area contributed by atoms with Crippen LogP contribution in [0.2, 0.25) is 0 Å². The van der Waals surface area contributed by atoms with E-state index in [2.05, 4.69) is 26.6 Å². The number of hydrogen-bond acceptors (Lipinski definition) is 5. The topological polar surface area (TPSA) is 92.0 Å². The van der Waals surface area contributed by atoms with Crippen LogP contribution < -0.4 is 14.8 Å². The van der Waals surface area contributed by atoms with Crippen LogP contribution in [-0.4, -0.2) is 41.9 Å². The molecule has 2 aromatic carbocycles. The van der Waals surface area contributed by atoms with Gasteiger partial charge in [-0.05, 0) is 35.2 Å². The van der Waals surface area contributed by atoms with Crippen LogP contribution in [0.3, 0.4) is 0 Å². The maximum absolute atomic E-state index is 13.0. The summed E-state index contributed by atoms with van der Waals surface area (Å²) in [6.07, 6.45) is 1.99. The number of H-pyrrole nitrogens is 2. The van der Waals surface area contributed by atoms with Crippen molar-refractivity contribution < 1.29 is 14.3 Å². The van der Waals surface area contributed by atoms with E-state index in [0.29, 0.717) is 23.7 Å². The molecular weight excluding hydrogens is 448 g/mol. The number of nitrogens with one attached hydrogen (secondary N) is 3. The third-order valence-corrected chi connectivity index (χ3v) is 6.77. The SMILES string of the molecule is COc1cccc(C(CNC(=O)c2cc(-c3cccs3)[nH]n2)c2c[nH]c3ccccc23)c1OC. The first-order chi connectivity index (χ1) is 16.7. The van der Waals surface area contributed by atoms with Crippen LogP contribution in [0, 0.1) is 0 Å². The second-order valence-corrected chi connectivity index (χ2v) is 8.73. The van der Waals surface area contributed by atoms with Gasteiger partial charge in [0, 0.05) is 35.1 Å². The summed E-state index contributed by atoms with van der Waals surface area (Å²) in [7, 11) is 3.24. The van der Waals surface area contributed by atoms with Crippen molar-refractivity contribution in [2.24, 2.45) is 0 Å². The molecule has 0 aliphatic carbocycles. The van der Waals surface area contributed by atoms with Crippen LogP contribution in [-0.2, 0) is 0 Å². The fourth-order valence-electron chi connectivity index (χ4n) is 4.24. The molecule has 0 aliphatic rings. The minimum Gasteiger partial charge on any atom is -0.493 e. The Kier molecular flexibility index (Phi) is 6.05. The van der Waals surface area contributed by atoms with Gasteiger partial charge < -0.3 is 19.8 Å². The lowest BCUT2D eigenvalue weighted by Gasteiger charge is -2.21. The Bertz CT molecular complexity index is 1420. The number of ether oxygens (including phenoxy) is 2. The predicted molar refractivity (Wildman–Crippen MR) is 134 cm³/mol. The van der Waals surface area contributed by atoms with Gasteiger partial charge in [0.2, 0.25) is 0 Å². The van der Waals surface area contributed by atoms with Crippen LogP contribution in [0.1, 0.15) is 27.5 Å². The van der Waals surface area contributed by atoms with Gasteiger partial charge in [-0.25, -0.2) is 0 Å². The monoisotopic (exact) mass is 472 g/mol. The largest absolute Gasteiger partial charge is 0.493 e. The Balaban J connectivity index is 1.48. The fraction of sp³-hybridized carbons (Fsp3) is 0.154. The van der Waals surface area contributed by atoms with Gasteiger partial charge in [0.25, 0.3) is 5.91 Å². The molecule has 0 fully saturated rings. The highest BCUT2D eigenvalue weighted by atomic mass is 32.1. The highest BCUT2D eigenvalue weighted by Crippen LogP contribution is 2.40. The maximum Gasteiger partial charge on any atom is 0.271 e. The van der Waals surface area contributed by atoms with E-state index in [4.69, 9.17) is 9.47 Å². The van der Waals surface area contributed by atoms with E-state index >= 15 is 0 Å². The number of amides is 1. The summed E-state index contributed by atoms with van der Waals surface area (Å²) >= 11 is 1.59. The standard InChI is InChI=1S/C26H24N4O3S/c1-32-23-10-5-8-17(25(23)33-2)19(18-14-27-20-9-4-3-7-16(18)20)15-28-26(31)22-13-21(29-30-22)24-11-6-12-34-24/h3-14,19,27H,15H2,1-2H3,(H,28,31)(H,29,30). The van der Waals surface area contributed by atoms with Crippen molar-refractivity contribution in [3.8, 4) is 22.1 Å². The Morgan fingerprint density at radius 3 is 2.74 bits per heavy atom. The number of nitrogens with zero attached hydrogens (tertiary/aromatic N) is 1. The van der Waals surface area contributed by atoms with Gasteiger partial charge in [-0.3, -0.25) is 9.89 Å². The summed E-state index contributed by atoms with van der Waals surface area (Å²) in [4.78, 5) is 17.4. The van der Waals surface area contributed by atoms with E-state index in [0.717, 1.165) is 32.6 Å². The Hall–Kier alpha value is -4.04. The third kappa shape index (κ3) is 4.04. The molecule has 34 heavy (non-hydrogen) atoms. The molecule has 3 heterocycles. The number of aromatic nitrogens is 3. The lowest BCUT2D eigenvalue weighted by atomic mass is 9.89. The van der Waals surface area contributed by atoms with Gasteiger partial charge >= 0.3 is 0 Å². The summed E-state index contributed by atoms with van der Waals surface area (Å²) in [6, 6.07) is 19.6. The minimum atomic E-state index is -0.245. The number of rotatable bonds is 8. The van der Waals surface area contributed by atoms with Crippen LogP contribution in [0.25, 0.3) is 21.5 Å². The zero-order valence-electron chi connectivity index (χ0n) is 18.8. The summed E-state index contributed by atoms with van der Waals surface area (Å²) in [5, 5.41) is 13.3. The van der Waals surface area contributed by atoms with Crippen LogP contribution >= 0.6 is 11.3 Å². The van der Waals surface area contributed by atoms with Gasteiger partial charge in [0.05, 0.1) is 24.8 Å². The first-order valence-corrected chi connectivity index (χ1v) is 11.7. The Labute approximate surface area is 200 Å². The molecule has 3 N–H and O–H groups in total. The molecule has 5 aromatic rings. The minimum absolute atomic E-state index is 0.180. The molecule has 5 rings (SSSR count). The average Bonchev–Trinajstić information content (AvgIpc) is 3.64. The average molecular weight is 473 g/mol. The van der Waals surface area contributed by atoms with Crippen molar-refractivity contribution in [2.45, 2.75) is 5.92 Å². The van der Waals surface area contributed by atoms with Crippen molar-refractivity contribution in [3.05, 3.63) is 89.1 Å². The van der Waals surface area contributed by atoms with E-state index < -0.39 is 0 Å². The van der Waals surface area contributed by atoms with E-state index in [1.165, 1.54) is 0 Å². The highest BCUT2D eigenvalue weighted by Gasteiger charge is 2.25. The van der Waals surface area contributed by atoms with Gasteiger partial charge in [-0.1, -0.05) is 36.4 Å². The lowest BCUT2D eigenvalue weighted by molar-refractivity contribution is 0.0947. The molecular formula is C26H24N4O3S. The van der Waals surface area contributed by atoms with Gasteiger partial charge in [0.15, 0.2) is 17.2 Å². The van der Waals surface area contributed by atoms with Crippen LogP contribution in [0.5, 0.6) is 11.5 Å². The van der Waals surface area contributed by atoms with Crippen LogP contribution in [0.4, 0.5) is 0 Å². The maximum atomic E-state index is 13.0. The fourth-order valence-corrected chi connectivity index (χ4v) is 4.93. The van der Waals surface area contributed by atoms with E-state index in [1.54, 1.807) is 31.6 Å². The molecule has 0 saturated carbocycles. The number of benzene rings is 2. The smallest absolute Gasteiger partial charge is 0.271 e. The molecule has 0 spiro atoms. The highest BCUT2D eigenvalue weighted by molar-refractivity contribution is 7.13. The second-order valence-electron chi connectivity index (χ2n) is 7.78. The number of fused-ring (bicyclic) bond motifs is 1. The lowest BCUT2D eigenvalue weighted by Crippen LogP contribution is -2.29. The number of thiophene rings is 1. The molecule has 7 nitrogen and oxygen atoms in total. The molecule has 0 radical (unpaired) electrons. The molecule has 1 unspecified atom stereocenters. The van der Waals surface area contributed by atoms with E-state index in [1.807, 2.05) is 60.1 Å². The van der Waals surface area contributed by atoms with E-state index in [9.17, 15) is 4.79 Å². The Morgan fingerprint density at radius 1 is 1.06 bits per heavy atom. The summed E-state index contributed by atoms with van der Waals surface area (Å²) in [6.45, 7) is 0.353. The summed E-state index contributed by atoms with van der Waals surface area (Å²) in [5.74, 6) is 0.866. The molecule has 1 amide bonds. The first kappa shape index (κ1) is 21.8. The zero-order chi connectivity index (χ0) is 23.5. The van der Waals surface area contributed by atoms with Crippen molar-refractivity contribution >= 4 is 28.1 Å². The van der Waals surface area contributed by atoms with Crippen molar-refractivity contribution in [1.82, 2.24) is 20.5 Å². The number of methoxy groups -OCH3 is 2. The molecule has 0 aliphatic heterocycles.